The minimum absolute atomic E-state index is 0.0407. The summed E-state index contributed by atoms with van der Waals surface area (Å²) < 4.78 is 23.7. The van der Waals surface area contributed by atoms with Gasteiger partial charge in [0.15, 0.2) is 23.4 Å². The molecule has 7 heteroatoms. The number of piperidine rings is 1. The smallest absolute Gasteiger partial charge is 0.166 e. The number of likely N-dealkylation sites (tertiary alicyclic amines) is 1. The van der Waals surface area contributed by atoms with Gasteiger partial charge in [0.1, 0.15) is 5.82 Å². The molecular formula is C29H27FN2O4. The zero-order chi connectivity index (χ0) is 24.1. The molecule has 2 N–H and O–H groups in total. The van der Waals surface area contributed by atoms with Crippen LogP contribution < -0.4 is 4.74 Å². The number of aromatic nitrogens is 1. The number of phenols is 1. The first-order chi connectivity index (χ1) is 17.4. The molecule has 3 aliphatic carbocycles. The lowest BCUT2D eigenvalue weighted by molar-refractivity contribution is -0.173. The Morgan fingerprint density at radius 1 is 1.19 bits per heavy atom. The van der Waals surface area contributed by atoms with Crippen LogP contribution in [0.2, 0.25) is 0 Å². The van der Waals surface area contributed by atoms with Gasteiger partial charge in [-0.25, -0.2) is 4.39 Å². The highest BCUT2D eigenvalue weighted by atomic mass is 19.1. The molecule has 4 heterocycles. The van der Waals surface area contributed by atoms with Crippen molar-refractivity contribution >= 4 is 16.7 Å². The zero-order valence-corrected chi connectivity index (χ0v) is 19.9. The quantitative estimate of drug-likeness (QED) is 0.577. The Bertz CT molecular complexity index is 1560. The van der Waals surface area contributed by atoms with Crippen LogP contribution >= 0.6 is 0 Å². The van der Waals surface area contributed by atoms with Gasteiger partial charge in [0, 0.05) is 48.5 Å². The Balaban J connectivity index is 1.37. The van der Waals surface area contributed by atoms with E-state index in [0.29, 0.717) is 43.0 Å². The molecule has 1 saturated carbocycles. The van der Waals surface area contributed by atoms with Crippen molar-refractivity contribution in [3.63, 3.8) is 0 Å². The van der Waals surface area contributed by atoms with Crippen molar-refractivity contribution < 1.29 is 24.1 Å². The van der Waals surface area contributed by atoms with E-state index in [4.69, 9.17) is 4.74 Å². The molecule has 36 heavy (non-hydrogen) atoms. The van der Waals surface area contributed by atoms with Crippen molar-refractivity contribution in [3.05, 3.63) is 58.0 Å². The highest BCUT2D eigenvalue weighted by molar-refractivity contribution is 6.09. The van der Waals surface area contributed by atoms with E-state index in [9.17, 15) is 19.4 Å². The van der Waals surface area contributed by atoms with Crippen LogP contribution in [0.25, 0.3) is 10.9 Å². The molecule has 2 aromatic carbocycles. The van der Waals surface area contributed by atoms with Gasteiger partial charge in [0.2, 0.25) is 0 Å². The number of hydrogen-bond donors (Lipinski definition) is 2. The maximum absolute atomic E-state index is 14.8. The molecule has 2 fully saturated rings. The van der Waals surface area contributed by atoms with Crippen molar-refractivity contribution in [3.8, 4) is 11.5 Å². The molecule has 1 aromatic heterocycles. The highest BCUT2D eigenvalue weighted by Gasteiger charge is 2.73. The Kier molecular flexibility index (Phi) is 3.44. The maximum Gasteiger partial charge on any atom is 0.166 e. The Morgan fingerprint density at radius 3 is 2.89 bits per heavy atom. The van der Waals surface area contributed by atoms with Gasteiger partial charge in [-0.05, 0) is 67.5 Å². The molecule has 3 aliphatic heterocycles. The monoisotopic (exact) mass is 486 g/mol. The second-order valence-corrected chi connectivity index (χ2v) is 12.0. The molecule has 0 unspecified atom stereocenters. The fraction of sp³-hybridized carbons (Fsp3) is 0.483. The number of nitrogens with zero attached hydrogens (tertiary/aromatic N) is 2. The Labute approximate surface area is 207 Å². The number of carbonyl (C=O) groups is 1. The summed E-state index contributed by atoms with van der Waals surface area (Å²) in [6.07, 6.45) is 4.16. The van der Waals surface area contributed by atoms with E-state index in [1.165, 1.54) is 25.0 Å². The van der Waals surface area contributed by atoms with Gasteiger partial charge in [-0.3, -0.25) is 9.69 Å². The molecular weight excluding hydrogens is 459 g/mol. The van der Waals surface area contributed by atoms with Crippen LogP contribution in [0.1, 0.15) is 64.5 Å². The van der Waals surface area contributed by atoms with Crippen molar-refractivity contribution in [2.75, 3.05) is 13.1 Å². The van der Waals surface area contributed by atoms with Crippen LogP contribution in [-0.4, -0.2) is 50.2 Å². The average Bonchev–Trinajstić information content (AvgIpc) is 3.52. The number of ether oxygens (including phenoxy) is 1. The third-order valence-electron chi connectivity index (χ3n) is 10.3. The fourth-order valence-electron chi connectivity index (χ4n) is 8.74. The van der Waals surface area contributed by atoms with Gasteiger partial charge < -0.3 is 19.5 Å². The third kappa shape index (κ3) is 2.09. The number of aryl methyl sites for hydroxylation is 1. The van der Waals surface area contributed by atoms with Crippen LogP contribution in [0, 0.1) is 11.7 Å². The van der Waals surface area contributed by atoms with Gasteiger partial charge in [-0.15, -0.1) is 0 Å². The molecule has 9 rings (SSSR count). The van der Waals surface area contributed by atoms with Gasteiger partial charge in [-0.2, -0.15) is 0 Å². The molecule has 0 radical (unpaired) electrons. The molecule has 2 bridgehead atoms. The first kappa shape index (κ1) is 20.2. The fourth-order valence-corrected chi connectivity index (χ4v) is 8.74. The van der Waals surface area contributed by atoms with E-state index in [2.05, 4.69) is 9.47 Å². The summed E-state index contributed by atoms with van der Waals surface area (Å²) >= 11 is 0. The summed E-state index contributed by atoms with van der Waals surface area (Å²) in [5.41, 5.74) is 3.37. The van der Waals surface area contributed by atoms with Crippen molar-refractivity contribution in [1.82, 2.24) is 9.47 Å². The first-order valence-electron chi connectivity index (χ1n) is 13.3. The summed E-state index contributed by atoms with van der Waals surface area (Å²) in [6, 6.07) is 6.54. The standard InChI is InChI=1S/C29H27FN2O4/c30-16-10-17-19-12-29(35)22-9-15-3-4-21(34)26-23(15)28(29,6-8-31(22)13-14-1-2-14)27(36-26)25(19)32-7-5-20(33)18(11-16)24(17)32/h3-4,10-11,14,22,27,34-35H,1-2,5-9,12-13H2/t22-,27-,28-,29+/m0/s1. The molecule has 1 spiro atoms. The Hall–Kier alpha value is -2.90. The summed E-state index contributed by atoms with van der Waals surface area (Å²) in [6.45, 7) is 2.40. The largest absolute Gasteiger partial charge is 0.504 e. The van der Waals surface area contributed by atoms with Crippen LogP contribution in [0.4, 0.5) is 4.39 Å². The lowest BCUT2D eigenvalue weighted by Crippen LogP contribution is -2.74. The first-order valence-corrected chi connectivity index (χ1v) is 13.3. The molecule has 0 amide bonds. The second-order valence-electron chi connectivity index (χ2n) is 12.0. The summed E-state index contributed by atoms with van der Waals surface area (Å²) in [5, 5.41) is 24.5. The van der Waals surface area contributed by atoms with E-state index in [0.717, 1.165) is 52.8 Å². The predicted octanol–water partition coefficient (Wildman–Crippen LogP) is 3.77. The van der Waals surface area contributed by atoms with Gasteiger partial charge >= 0.3 is 0 Å². The topological polar surface area (TPSA) is 74.9 Å². The minimum Gasteiger partial charge on any atom is -0.504 e. The molecule has 4 atom stereocenters. The molecule has 3 aromatic rings. The number of aromatic hydroxyl groups is 1. The van der Waals surface area contributed by atoms with E-state index >= 15 is 0 Å². The van der Waals surface area contributed by atoms with Gasteiger partial charge in [0.25, 0.3) is 0 Å². The molecule has 6 aliphatic rings. The lowest BCUT2D eigenvalue weighted by Gasteiger charge is -2.63. The second kappa shape index (κ2) is 6.14. The van der Waals surface area contributed by atoms with Gasteiger partial charge in [-0.1, -0.05) is 6.07 Å². The number of carbonyl (C=O) groups excluding carboxylic acids is 1. The van der Waals surface area contributed by atoms with E-state index in [1.807, 2.05) is 6.07 Å². The predicted molar refractivity (Wildman–Crippen MR) is 129 cm³/mol. The number of Topliss-reactive ketones (excluding diaryl/α,β-unsaturated/α-hetero) is 1. The average molecular weight is 487 g/mol. The number of fused-ring (bicyclic) bond motifs is 4. The van der Waals surface area contributed by atoms with E-state index in [-0.39, 0.29) is 17.6 Å². The molecule has 184 valence electrons. The van der Waals surface area contributed by atoms with Crippen LogP contribution in [0.5, 0.6) is 11.5 Å². The SMILES string of the molecule is O=C1CCn2c3c(c4cc(F)cc1c42)C[C@@]1(O)[C@@H]2Cc4ccc(O)c5c4[C@@]1(CCN2CC1CC1)[C@H]3O5. The third-order valence-corrected chi connectivity index (χ3v) is 10.3. The number of benzene rings is 2. The number of halogens is 1. The lowest BCUT2D eigenvalue weighted by atomic mass is 9.49. The number of aliphatic hydroxyl groups is 1. The summed E-state index contributed by atoms with van der Waals surface area (Å²) in [5.74, 6) is 0.842. The molecule has 6 nitrogen and oxygen atoms in total. The van der Waals surface area contributed by atoms with Crippen molar-refractivity contribution in [1.29, 1.82) is 0 Å². The van der Waals surface area contributed by atoms with Crippen LogP contribution in [0.15, 0.2) is 24.3 Å². The minimum atomic E-state index is -1.12. The Morgan fingerprint density at radius 2 is 2.06 bits per heavy atom. The normalized spacial score (nSPS) is 33.4. The number of hydrogen-bond acceptors (Lipinski definition) is 5. The van der Waals surface area contributed by atoms with Crippen LogP contribution in [-0.2, 0) is 24.8 Å². The zero-order valence-electron chi connectivity index (χ0n) is 19.9. The van der Waals surface area contributed by atoms with E-state index < -0.39 is 22.9 Å². The summed E-state index contributed by atoms with van der Waals surface area (Å²) in [4.78, 5) is 15.3. The van der Waals surface area contributed by atoms with Crippen LogP contribution in [0.3, 0.4) is 0 Å². The summed E-state index contributed by atoms with van der Waals surface area (Å²) in [7, 11) is 0. The van der Waals surface area contributed by atoms with Gasteiger partial charge in [0.05, 0.1) is 22.2 Å². The maximum atomic E-state index is 14.8. The number of phenolic OH excluding ortho intramolecular Hbond substituents is 1. The number of rotatable bonds is 2. The van der Waals surface area contributed by atoms with Crippen molar-refractivity contribution in [2.45, 2.75) is 68.2 Å². The highest BCUT2D eigenvalue weighted by Crippen LogP contribution is 2.69. The van der Waals surface area contributed by atoms with Crippen molar-refractivity contribution in [2.24, 2.45) is 5.92 Å². The number of ketones is 1. The van der Waals surface area contributed by atoms with E-state index in [1.54, 1.807) is 6.07 Å². The molecule has 1 saturated heterocycles.